The molecule has 2 aromatic carbocycles. The zero-order valence-corrected chi connectivity index (χ0v) is 16.0. The number of fused-ring (bicyclic) bond motifs is 2. The Balaban J connectivity index is 1.48. The van der Waals surface area contributed by atoms with Crippen LogP contribution in [0.3, 0.4) is 0 Å². The molecule has 1 amide bonds. The van der Waals surface area contributed by atoms with Crippen LogP contribution in [-0.4, -0.2) is 36.5 Å². The lowest BCUT2D eigenvalue weighted by Crippen LogP contribution is -2.50. The van der Waals surface area contributed by atoms with Crippen LogP contribution >= 0.6 is 0 Å². The zero-order valence-electron chi connectivity index (χ0n) is 16.0. The van der Waals surface area contributed by atoms with Gasteiger partial charge in [0.2, 0.25) is 5.91 Å². The van der Waals surface area contributed by atoms with Gasteiger partial charge in [-0.15, -0.1) is 0 Å². The van der Waals surface area contributed by atoms with Crippen molar-refractivity contribution in [1.82, 2.24) is 10.2 Å². The van der Waals surface area contributed by atoms with Crippen LogP contribution < -0.4 is 5.32 Å². The molecule has 2 aliphatic rings. The number of nitrogens with zero attached hydrogens (tertiary/aromatic N) is 1. The molecular weight excluding hydrogens is 336 g/mol. The molecule has 27 heavy (non-hydrogen) atoms. The van der Waals surface area contributed by atoms with Crippen molar-refractivity contribution in [2.24, 2.45) is 0 Å². The van der Waals surface area contributed by atoms with Gasteiger partial charge in [-0.25, -0.2) is 0 Å². The lowest BCUT2D eigenvalue weighted by Gasteiger charge is -2.47. The molecule has 0 radical (unpaired) electrons. The van der Waals surface area contributed by atoms with Crippen LogP contribution in [0.5, 0.6) is 0 Å². The van der Waals surface area contributed by atoms with E-state index in [0.29, 0.717) is 6.54 Å². The zero-order chi connectivity index (χ0) is 18.7. The summed E-state index contributed by atoms with van der Waals surface area (Å²) >= 11 is 0. The van der Waals surface area contributed by atoms with E-state index in [1.54, 1.807) is 6.92 Å². The number of nitrogens with one attached hydrogen (secondary N) is 1. The lowest BCUT2D eigenvalue weighted by atomic mass is 9.78. The molecule has 4 heteroatoms. The number of amides is 1. The number of rotatable bonds is 4. The summed E-state index contributed by atoms with van der Waals surface area (Å²) in [6.07, 6.45) is 2.90. The molecule has 142 valence electrons. The predicted octanol–water partition coefficient (Wildman–Crippen LogP) is 3.26. The van der Waals surface area contributed by atoms with Crippen LogP contribution in [-0.2, 0) is 28.1 Å². The smallest absolute Gasteiger partial charge is 0.216 e. The highest BCUT2D eigenvalue weighted by molar-refractivity contribution is 5.72. The Labute approximate surface area is 161 Å². The van der Waals surface area contributed by atoms with Gasteiger partial charge < -0.3 is 10.1 Å². The monoisotopic (exact) mass is 364 g/mol. The van der Waals surface area contributed by atoms with E-state index in [1.807, 2.05) is 0 Å². The van der Waals surface area contributed by atoms with E-state index < -0.39 is 0 Å². The Bertz CT molecular complexity index is 782. The molecule has 0 aliphatic carbocycles. The van der Waals surface area contributed by atoms with Gasteiger partial charge in [0.15, 0.2) is 0 Å². The molecular formula is C23H28N2O2. The van der Waals surface area contributed by atoms with E-state index in [-0.39, 0.29) is 17.6 Å². The fourth-order valence-corrected chi connectivity index (χ4v) is 4.48. The van der Waals surface area contributed by atoms with E-state index in [4.69, 9.17) is 4.74 Å². The molecule has 1 fully saturated rings. The number of ether oxygens (including phenoxy) is 1. The molecule has 0 aromatic heterocycles. The molecule has 1 spiro atoms. The molecule has 1 unspecified atom stereocenters. The molecule has 4 rings (SSSR count). The van der Waals surface area contributed by atoms with Crippen molar-refractivity contribution in [3.05, 3.63) is 71.3 Å². The van der Waals surface area contributed by atoms with Crippen molar-refractivity contribution < 1.29 is 9.53 Å². The van der Waals surface area contributed by atoms with Crippen LogP contribution in [0.4, 0.5) is 0 Å². The standard InChI is InChI=1S/C23H28N2O2/c1-18(26)24-16-21-15-20-9-5-6-10-22(20)23(27-21)11-13-25(14-12-23)17-19-7-3-2-4-8-19/h2-10,21H,11-17H2,1H3,(H,24,26). The normalized spacial score (nSPS) is 21.6. The maximum Gasteiger partial charge on any atom is 0.216 e. The van der Waals surface area contributed by atoms with Crippen molar-refractivity contribution >= 4 is 5.91 Å². The average molecular weight is 364 g/mol. The fourth-order valence-electron chi connectivity index (χ4n) is 4.48. The van der Waals surface area contributed by atoms with Gasteiger partial charge in [-0.2, -0.15) is 0 Å². The third-order valence-electron chi connectivity index (χ3n) is 5.84. The summed E-state index contributed by atoms with van der Waals surface area (Å²) < 4.78 is 6.65. The summed E-state index contributed by atoms with van der Waals surface area (Å²) in [6.45, 7) is 5.19. The third-order valence-corrected chi connectivity index (χ3v) is 5.84. The van der Waals surface area contributed by atoms with Gasteiger partial charge in [0.25, 0.3) is 0 Å². The summed E-state index contributed by atoms with van der Waals surface area (Å²) in [6, 6.07) is 19.3. The Hall–Kier alpha value is -2.17. The lowest BCUT2D eigenvalue weighted by molar-refractivity contribution is -0.142. The largest absolute Gasteiger partial charge is 0.365 e. The van der Waals surface area contributed by atoms with Crippen molar-refractivity contribution in [2.45, 2.75) is 44.4 Å². The van der Waals surface area contributed by atoms with Gasteiger partial charge >= 0.3 is 0 Å². The van der Waals surface area contributed by atoms with Crippen molar-refractivity contribution in [3.63, 3.8) is 0 Å². The topological polar surface area (TPSA) is 41.6 Å². The van der Waals surface area contributed by atoms with Crippen molar-refractivity contribution in [3.8, 4) is 0 Å². The molecule has 2 heterocycles. The summed E-state index contributed by atoms with van der Waals surface area (Å²) in [5.74, 6) is 0.00388. The minimum Gasteiger partial charge on any atom is -0.365 e. The predicted molar refractivity (Wildman–Crippen MR) is 106 cm³/mol. The molecule has 2 aliphatic heterocycles. The first-order valence-electron chi connectivity index (χ1n) is 9.91. The highest BCUT2D eigenvalue weighted by Crippen LogP contribution is 2.43. The van der Waals surface area contributed by atoms with Gasteiger partial charge in [-0.3, -0.25) is 9.69 Å². The van der Waals surface area contributed by atoms with Crippen LogP contribution in [0.1, 0.15) is 36.5 Å². The Morgan fingerprint density at radius 2 is 1.81 bits per heavy atom. The maximum absolute atomic E-state index is 11.3. The van der Waals surface area contributed by atoms with Gasteiger partial charge in [0.1, 0.15) is 0 Å². The second-order valence-electron chi connectivity index (χ2n) is 7.79. The molecule has 1 atom stereocenters. The number of hydrogen-bond donors (Lipinski definition) is 1. The molecule has 2 aromatic rings. The van der Waals surface area contributed by atoms with Gasteiger partial charge in [-0.1, -0.05) is 54.6 Å². The molecule has 1 N–H and O–H groups in total. The number of carbonyl (C=O) groups is 1. The summed E-state index contributed by atoms with van der Waals surface area (Å²) in [7, 11) is 0. The first-order valence-corrected chi connectivity index (χ1v) is 9.91. The Morgan fingerprint density at radius 3 is 2.56 bits per heavy atom. The summed E-state index contributed by atoms with van der Waals surface area (Å²) in [5.41, 5.74) is 3.87. The molecule has 1 saturated heterocycles. The van der Waals surface area contributed by atoms with E-state index in [1.165, 1.54) is 16.7 Å². The highest BCUT2D eigenvalue weighted by Gasteiger charge is 2.43. The molecule has 0 saturated carbocycles. The second kappa shape index (κ2) is 7.83. The number of hydrogen-bond acceptors (Lipinski definition) is 3. The Morgan fingerprint density at radius 1 is 1.11 bits per heavy atom. The molecule has 4 nitrogen and oxygen atoms in total. The van der Waals surface area contributed by atoms with Crippen LogP contribution in [0.15, 0.2) is 54.6 Å². The first kappa shape index (κ1) is 18.2. The minimum atomic E-state index is -0.217. The van der Waals surface area contributed by atoms with E-state index in [0.717, 1.165) is 38.9 Å². The second-order valence-corrected chi connectivity index (χ2v) is 7.79. The molecule has 0 bridgehead atoms. The maximum atomic E-state index is 11.3. The first-order chi connectivity index (χ1) is 13.1. The van der Waals surface area contributed by atoms with E-state index in [2.05, 4.69) is 64.8 Å². The average Bonchev–Trinajstić information content (AvgIpc) is 2.69. The number of likely N-dealkylation sites (tertiary alicyclic amines) is 1. The van der Waals surface area contributed by atoms with E-state index >= 15 is 0 Å². The Kier molecular flexibility index (Phi) is 5.28. The minimum absolute atomic E-state index is 0.00388. The summed E-state index contributed by atoms with van der Waals surface area (Å²) in [4.78, 5) is 13.9. The van der Waals surface area contributed by atoms with Crippen LogP contribution in [0, 0.1) is 0 Å². The van der Waals surface area contributed by atoms with Crippen molar-refractivity contribution in [1.29, 1.82) is 0 Å². The fraction of sp³-hybridized carbons (Fsp3) is 0.435. The SMILES string of the molecule is CC(=O)NCC1Cc2ccccc2C2(CCN(Cc3ccccc3)CC2)O1. The van der Waals surface area contributed by atoms with Crippen LogP contribution in [0.2, 0.25) is 0 Å². The summed E-state index contributed by atoms with van der Waals surface area (Å²) in [5, 5.41) is 2.94. The van der Waals surface area contributed by atoms with Gasteiger partial charge in [-0.05, 0) is 29.5 Å². The van der Waals surface area contributed by atoms with Crippen molar-refractivity contribution in [2.75, 3.05) is 19.6 Å². The van der Waals surface area contributed by atoms with E-state index in [9.17, 15) is 4.79 Å². The third kappa shape index (κ3) is 4.07. The van der Waals surface area contributed by atoms with Gasteiger partial charge in [0.05, 0.1) is 11.7 Å². The number of piperidine rings is 1. The quantitative estimate of drug-likeness (QED) is 0.905. The van der Waals surface area contributed by atoms with Gasteiger partial charge in [0, 0.05) is 39.5 Å². The highest BCUT2D eigenvalue weighted by atomic mass is 16.5. The number of benzene rings is 2. The number of carbonyl (C=O) groups excluding carboxylic acids is 1. The van der Waals surface area contributed by atoms with Crippen LogP contribution in [0.25, 0.3) is 0 Å².